The molecule has 0 heterocycles. The van der Waals surface area contributed by atoms with Crippen LogP contribution in [0.4, 0.5) is 13.2 Å². The second-order valence-electron chi connectivity index (χ2n) is 6.73. The molecule has 1 nitrogen and oxygen atoms in total. The van der Waals surface area contributed by atoms with Crippen LogP contribution in [0.2, 0.25) is 0 Å². The number of hydrogen-bond acceptors (Lipinski definition) is 2. The van der Waals surface area contributed by atoms with E-state index in [0.29, 0.717) is 5.56 Å². The van der Waals surface area contributed by atoms with E-state index in [2.05, 4.69) is 25.7 Å². The lowest BCUT2D eigenvalue weighted by Crippen LogP contribution is -2.23. The summed E-state index contributed by atoms with van der Waals surface area (Å²) in [5.74, 6) is 0. The number of hydrogen-bond donors (Lipinski definition) is 0. The number of aryl methyl sites for hydroxylation is 2. The molecule has 5 heteroatoms. The van der Waals surface area contributed by atoms with Gasteiger partial charge >= 0.3 is 6.18 Å². The highest BCUT2D eigenvalue weighted by Gasteiger charge is 2.30. The Bertz CT molecular complexity index is 709. The van der Waals surface area contributed by atoms with E-state index in [1.807, 2.05) is 31.2 Å². The Hall–Kier alpha value is -1.46. The average Bonchev–Trinajstić information content (AvgIpc) is 2.66. The maximum Gasteiger partial charge on any atom is 0.416 e. The minimum Gasteiger partial charge on any atom is -0.304 e. The molecule has 0 saturated carbocycles. The molecule has 0 aliphatic heterocycles. The van der Waals surface area contributed by atoms with E-state index in [-0.39, 0.29) is 0 Å². The standard InChI is InChI=1S/C15H13F3S.C8H19N/c1-10-5-3-4-6-13(10)19-14-8-7-12(9-11(14)2)15(16,17)18;1-4-7-8-9(5-2)6-3/h3-9H,1-2H3;4-8H2,1-3H3. The van der Waals surface area contributed by atoms with Crippen molar-refractivity contribution in [1.29, 1.82) is 0 Å². The largest absolute Gasteiger partial charge is 0.416 e. The van der Waals surface area contributed by atoms with Crippen LogP contribution in [0.3, 0.4) is 0 Å². The minimum absolute atomic E-state index is 0.598. The number of unbranched alkanes of at least 4 members (excludes halogenated alkanes) is 1. The molecule has 2 aromatic carbocycles. The fourth-order valence-corrected chi connectivity index (χ4v) is 3.62. The first-order valence-corrected chi connectivity index (χ1v) is 10.7. The highest BCUT2D eigenvalue weighted by molar-refractivity contribution is 7.99. The van der Waals surface area contributed by atoms with E-state index in [1.165, 1.54) is 56.4 Å². The summed E-state index contributed by atoms with van der Waals surface area (Å²) in [6.45, 7) is 14.1. The summed E-state index contributed by atoms with van der Waals surface area (Å²) in [5, 5.41) is 0. The maximum atomic E-state index is 12.6. The van der Waals surface area contributed by atoms with E-state index in [9.17, 15) is 13.2 Å². The molecule has 2 aromatic rings. The van der Waals surface area contributed by atoms with Crippen LogP contribution in [0.5, 0.6) is 0 Å². The zero-order valence-corrected chi connectivity index (χ0v) is 18.4. The summed E-state index contributed by atoms with van der Waals surface area (Å²) >= 11 is 1.49. The quantitative estimate of drug-likeness (QED) is 0.461. The Morgan fingerprint density at radius 2 is 1.46 bits per heavy atom. The fourth-order valence-electron chi connectivity index (χ4n) is 2.65. The first kappa shape index (κ1) is 24.6. The topological polar surface area (TPSA) is 3.24 Å². The van der Waals surface area contributed by atoms with Gasteiger partial charge < -0.3 is 4.90 Å². The van der Waals surface area contributed by atoms with Crippen molar-refractivity contribution in [2.45, 2.75) is 63.4 Å². The van der Waals surface area contributed by atoms with Gasteiger partial charge in [0.1, 0.15) is 0 Å². The van der Waals surface area contributed by atoms with E-state index < -0.39 is 11.7 Å². The molecule has 2 rings (SSSR count). The Balaban J connectivity index is 0.000000370. The molecular formula is C23H32F3NS. The summed E-state index contributed by atoms with van der Waals surface area (Å²) in [5.41, 5.74) is 1.16. The van der Waals surface area contributed by atoms with Gasteiger partial charge in [-0.05, 0) is 75.3 Å². The molecule has 0 spiro atoms. The van der Waals surface area contributed by atoms with Crippen LogP contribution in [0.15, 0.2) is 52.3 Å². The third-order valence-electron chi connectivity index (χ3n) is 4.54. The van der Waals surface area contributed by atoms with Crippen molar-refractivity contribution in [3.05, 3.63) is 59.2 Å². The molecule has 0 unspecified atom stereocenters. The van der Waals surface area contributed by atoms with Gasteiger partial charge in [0.25, 0.3) is 0 Å². The first-order chi connectivity index (χ1) is 13.2. The molecule has 0 amide bonds. The Morgan fingerprint density at radius 1 is 0.857 bits per heavy atom. The maximum absolute atomic E-state index is 12.6. The van der Waals surface area contributed by atoms with Crippen molar-refractivity contribution < 1.29 is 13.2 Å². The Kier molecular flexibility index (Phi) is 10.7. The van der Waals surface area contributed by atoms with Crippen molar-refractivity contribution in [3.63, 3.8) is 0 Å². The van der Waals surface area contributed by atoms with Crippen LogP contribution in [0, 0.1) is 13.8 Å². The minimum atomic E-state index is -4.28. The van der Waals surface area contributed by atoms with Gasteiger partial charge in [0, 0.05) is 9.79 Å². The number of alkyl halides is 3. The molecule has 156 valence electrons. The fraction of sp³-hybridized carbons (Fsp3) is 0.478. The lowest BCUT2D eigenvalue weighted by atomic mass is 10.1. The zero-order chi connectivity index (χ0) is 21.2. The van der Waals surface area contributed by atoms with Crippen molar-refractivity contribution in [2.75, 3.05) is 19.6 Å². The molecule has 0 aliphatic rings. The van der Waals surface area contributed by atoms with Crippen LogP contribution in [-0.2, 0) is 6.18 Å². The Labute approximate surface area is 172 Å². The lowest BCUT2D eigenvalue weighted by molar-refractivity contribution is -0.137. The molecule has 0 radical (unpaired) electrons. The van der Waals surface area contributed by atoms with E-state index in [0.717, 1.165) is 21.4 Å². The number of benzene rings is 2. The van der Waals surface area contributed by atoms with Gasteiger partial charge in [0.05, 0.1) is 5.56 Å². The summed E-state index contributed by atoms with van der Waals surface area (Å²) < 4.78 is 37.8. The van der Waals surface area contributed by atoms with E-state index >= 15 is 0 Å². The van der Waals surface area contributed by atoms with Crippen LogP contribution >= 0.6 is 11.8 Å². The Morgan fingerprint density at radius 3 is 1.96 bits per heavy atom. The predicted molar refractivity (Wildman–Crippen MR) is 114 cm³/mol. The second kappa shape index (κ2) is 12.2. The monoisotopic (exact) mass is 411 g/mol. The number of halogens is 3. The van der Waals surface area contributed by atoms with Gasteiger partial charge in [-0.25, -0.2) is 0 Å². The van der Waals surface area contributed by atoms with Gasteiger partial charge in [0.2, 0.25) is 0 Å². The van der Waals surface area contributed by atoms with Crippen molar-refractivity contribution in [2.24, 2.45) is 0 Å². The molecular weight excluding hydrogens is 379 g/mol. The molecule has 0 aliphatic carbocycles. The third-order valence-corrected chi connectivity index (χ3v) is 5.89. The normalized spacial score (nSPS) is 11.3. The average molecular weight is 412 g/mol. The molecule has 0 saturated heterocycles. The summed E-state index contributed by atoms with van der Waals surface area (Å²) in [6, 6.07) is 11.7. The highest BCUT2D eigenvalue weighted by atomic mass is 32.2. The van der Waals surface area contributed by atoms with Crippen molar-refractivity contribution in [1.82, 2.24) is 4.90 Å². The van der Waals surface area contributed by atoms with Crippen molar-refractivity contribution in [3.8, 4) is 0 Å². The molecule has 0 fully saturated rings. The molecule has 0 N–H and O–H groups in total. The predicted octanol–water partition coefficient (Wildman–Crippen LogP) is 7.60. The van der Waals surface area contributed by atoms with Crippen LogP contribution < -0.4 is 0 Å². The van der Waals surface area contributed by atoms with E-state index in [1.54, 1.807) is 6.92 Å². The first-order valence-electron chi connectivity index (χ1n) is 9.86. The SMILES string of the molecule is CCCCN(CC)CC.Cc1ccccc1Sc1ccc(C(F)(F)F)cc1C. The zero-order valence-electron chi connectivity index (χ0n) is 17.6. The number of rotatable bonds is 7. The summed E-state index contributed by atoms with van der Waals surface area (Å²) in [6.07, 6.45) is -1.62. The van der Waals surface area contributed by atoms with Gasteiger partial charge in [-0.1, -0.05) is 57.2 Å². The molecule has 28 heavy (non-hydrogen) atoms. The van der Waals surface area contributed by atoms with Crippen LogP contribution in [0.1, 0.15) is 50.3 Å². The number of nitrogens with zero attached hydrogens (tertiary/aromatic N) is 1. The van der Waals surface area contributed by atoms with Gasteiger partial charge in [-0.2, -0.15) is 13.2 Å². The lowest BCUT2D eigenvalue weighted by Gasteiger charge is -2.16. The molecule has 0 atom stereocenters. The second-order valence-corrected chi connectivity index (χ2v) is 7.81. The smallest absolute Gasteiger partial charge is 0.304 e. The van der Waals surface area contributed by atoms with Crippen LogP contribution in [-0.4, -0.2) is 24.5 Å². The third kappa shape index (κ3) is 8.27. The molecule has 0 bridgehead atoms. The highest BCUT2D eigenvalue weighted by Crippen LogP contribution is 2.36. The van der Waals surface area contributed by atoms with Gasteiger partial charge in [0.15, 0.2) is 0 Å². The summed E-state index contributed by atoms with van der Waals surface area (Å²) in [4.78, 5) is 4.37. The van der Waals surface area contributed by atoms with Gasteiger partial charge in [-0.3, -0.25) is 0 Å². The molecule has 0 aromatic heterocycles. The summed E-state index contributed by atoms with van der Waals surface area (Å²) in [7, 11) is 0. The van der Waals surface area contributed by atoms with Crippen LogP contribution in [0.25, 0.3) is 0 Å². The van der Waals surface area contributed by atoms with E-state index in [4.69, 9.17) is 0 Å². The van der Waals surface area contributed by atoms with Crippen molar-refractivity contribution >= 4 is 11.8 Å². The van der Waals surface area contributed by atoms with Gasteiger partial charge in [-0.15, -0.1) is 0 Å².